The second kappa shape index (κ2) is 24.0. The molecule has 12 nitrogen and oxygen atoms in total. The summed E-state index contributed by atoms with van der Waals surface area (Å²) in [5.41, 5.74) is 4.87. The summed E-state index contributed by atoms with van der Waals surface area (Å²) in [6, 6.07) is 44.7. The van der Waals surface area contributed by atoms with Gasteiger partial charge >= 0.3 is 0 Å². The zero-order valence-corrected chi connectivity index (χ0v) is 50.3. The Morgan fingerprint density at radius 3 is 1.29 bits per heavy atom. The Bertz CT molecular complexity index is 3580. The molecule has 8 aromatic rings. The lowest BCUT2D eigenvalue weighted by atomic mass is 9.80. The Balaban J connectivity index is 1.13. The summed E-state index contributed by atoms with van der Waals surface area (Å²) in [4.78, 5) is 72.9. The minimum Gasteiger partial charge on any atom is -0.497 e. The van der Waals surface area contributed by atoms with Crippen LogP contribution < -0.4 is 29.9 Å². The molecule has 0 aliphatic heterocycles. The zero-order chi connectivity index (χ0) is 59.5. The highest BCUT2D eigenvalue weighted by Crippen LogP contribution is 2.39. The Hall–Kier alpha value is -8.38. The third kappa shape index (κ3) is 13.8. The van der Waals surface area contributed by atoms with Gasteiger partial charge in [0.2, 0.25) is 23.6 Å². The van der Waals surface area contributed by atoms with Gasteiger partial charge < -0.3 is 20.1 Å². The summed E-state index contributed by atoms with van der Waals surface area (Å²) in [5, 5.41) is 10.2. The number of fused-ring (bicyclic) bond motifs is 2. The highest BCUT2D eigenvalue weighted by Gasteiger charge is 2.39. The van der Waals surface area contributed by atoms with E-state index in [4.69, 9.17) is 14.5 Å². The maximum atomic E-state index is 15.4. The van der Waals surface area contributed by atoms with Gasteiger partial charge in [0.1, 0.15) is 23.6 Å². The number of hydrogen-bond acceptors (Lipinski definition) is 8. The van der Waals surface area contributed by atoms with Crippen molar-refractivity contribution in [1.82, 2.24) is 20.6 Å². The van der Waals surface area contributed by atoms with Crippen molar-refractivity contribution in [2.24, 2.45) is 0 Å². The third-order valence-electron chi connectivity index (χ3n) is 15.1. The van der Waals surface area contributed by atoms with Crippen LogP contribution in [0.5, 0.6) is 11.5 Å². The monoisotopic (exact) mass is 1100 g/mol. The van der Waals surface area contributed by atoms with Gasteiger partial charge in [0.25, 0.3) is 0 Å². The number of amides is 4. The fourth-order valence-electron chi connectivity index (χ4n) is 10.5. The predicted octanol–water partition coefficient (Wildman–Crippen LogP) is 14.2. The topological polar surface area (TPSA) is 143 Å². The molecule has 2 aromatic heterocycles. The molecule has 2 heterocycles. The van der Waals surface area contributed by atoms with Crippen molar-refractivity contribution in [3.05, 3.63) is 203 Å². The van der Waals surface area contributed by atoms with Crippen LogP contribution in [0.25, 0.3) is 21.5 Å². The van der Waals surface area contributed by atoms with Crippen LogP contribution in [0.2, 0.25) is 0 Å². The average molecular weight is 1100 g/mol. The summed E-state index contributed by atoms with van der Waals surface area (Å²) in [7, 11) is 3.28. The zero-order valence-electron chi connectivity index (χ0n) is 50.3. The van der Waals surface area contributed by atoms with Crippen LogP contribution in [-0.4, -0.2) is 58.9 Å². The summed E-state index contributed by atoms with van der Waals surface area (Å²) < 4.78 is 10.9. The van der Waals surface area contributed by atoms with E-state index < -0.39 is 40.4 Å². The lowest BCUT2D eigenvalue weighted by Gasteiger charge is -2.36. The molecule has 0 fully saturated rings. The maximum Gasteiger partial charge on any atom is 0.248 e. The molecule has 0 aliphatic rings. The van der Waals surface area contributed by atoms with Gasteiger partial charge in [-0.1, -0.05) is 120 Å². The molecule has 82 heavy (non-hydrogen) atoms. The minimum atomic E-state index is -1.08. The standard InChI is InChI=1S/C70H80N6O6/c1-44(46-18-20-50-39-59(81-14)34-23-48(50)37-46)65(79)75(61(52-17-16-36-71-42-52)63(77)73-68(6,7)8)58-32-27-55(28-33-58)70(12,13)41-56-29-22-53(43-72-56)62(64(78)74-69(9,10)11)76(57-30-25-54(26-31-57)67(3,4)5)66(80)45(2)47-19-21-51-40-60(82-15)35-24-49(51)38-47/h16-40,42-45,61-62H,41H2,1-15H3,(H,73,77)(H,74,78). The van der Waals surface area contributed by atoms with Crippen LogP contribution in [0.4, 0.5) is 11.4 Å². The molecule has 2 N–H and O–H groups in total. The number of nitrogens with one attached hydrogen (secondary N) is 2. The number of nitrogens with zero attached hydrogens (tertiary/aromatic N) is 4. The molecule has 0 radical (unpaired) electrons. The molecule has 12 heteroatoms. The summed E-state index contributed by atoms with van der Waals surface area (Å²) in [6.07, 6.45) is 5.52. The molecule has 6 aromatic carbocycles. The lowest BCUT2D eigenvalue weighted by Crippen LogP contribution is -2.50. The second-order valence-electron chi connectivity index (χ2n) is 25.4. The molecule has 4 amide bonds. The van der Waals surface area contributed by atoms with Gasteiger partial charge in [0, 0.05) is 57.9 Å². The molecule has 8 rings (SSSR count). The van der Waals surface area contributed by atoms with Crippen molar-refractivity contribution >= 4 is 56.5 Å². The molecule has 426 valence electrons. The largest absolute Gasteiger partial charge is 0.497 e. The molecule has 4 atom stereocenters. The third-order valence-corrected chi connectivity index (χ3v) is 15.1. The van der Waals surface area contributed by atoms with Gasteiger partial charge in [0.05, 0.1) is 26.1 Å². The van der Waals surface area contributed by atoms with E-state index in [0.717, 1.165) is 61.0 Å². The number of anilines is 2. The fourth-order valence-corrected chi connectivity index (χ4v) is 10.5. The first-order chi connectivity index (χ1) is 38.6. The summed E-state index contributed by atoms with van der Waals surface area (Å²) in [6.45, 7) is 26.0. The van der Waals surface area contributed by atoms with E-state index in [2.05, 4.69) is 50.2 Å². The maximum absolute atomic E-state index is 15.4. The first-order valence-electron chi connectivity index (χ1n) is 28.2. The molecule has 0 spiro atoms. The summed E-state index contributed by atoms with van der Waals surface area (Å²) >= 11 is 0. The number of pyridine rings is 2. The Labute approximate surface area is 484 Å². The number of ether oxygens (including phenoxy) is 2. The number of methoxy groups -OCH3 is 2. The Morgan fingerprint density at radius 1 is 0.488 bits per heavy atom. The molecule has 0 saturated carbocycles. The van der Waals surface area contributed by atoms with E-state index in [1.807, 2.05) is 195 Å². The number of rotatable bonds is 17. The number of carbonyl (C=O) groups excluding carboxylic acids is 4. The van der Waals surface area contributed by atoms with Crippen LogP contribution in [-0.2, 0) is 36.4 Å². The van der Waals surface area contributed by atoms with E-state index in [0.29, 0.717) is 28.9 Å². The van der Waals surface area contributed by atoms with Crippen LogP contribution in [0, 0.1) is 0 Å². The van der Waals surface area contributed by atoms with Gasteiger partial charge in [0.15, 0.2) is 0 Å². The number of carbonyl (C=O) groups is 4. The van der Waals surface area contributed by atoms with Crippen molar-refractivity contribution in [2.45, 2.75) is 142 Å². The first-order valence-corrected chi connectivity index (χ1v) is 28.2. The highest BCUT2D eigenvalue weighted by atomic mass is 16.5. The van der Waals surface area contributed by atoms with Gasteiger partial charge in [-0.3, -0.25) is 38.9 Å². The van der Waals surface area contributed by atoms with Gasteiger partial charge in [-0.25, -0.2) is 0 Å². The first kappa shape index (κ1) is 59.7. The molecule has 4 unspecified atom stereocenters. The van der Waals surface area contributed by atoms with Gasteiger partial charge in [-0.2, -0.15) is 0 Å². The van der Waals surface area contributed by atoms with Crippen molar-refractivity contribution in [2.75, 3.05) is 24.0 Å². The van der Waals surface area contributed by atoms with Crippen LogP contribution in [0.3, 0.4) is 0 Å². The van der Waals surface area contributed by atoms with Crippen LogP contribution in [0.1, 0.15) is 153 Å². The van der Waals surface area contributed by atoms with Gasteiger partial charge in [-0.15, -0.1) is 0 Å². The van der Waals surface area contributed by atoms with Crippen molar-refractivity contribution in [3.63, 3.8) is 0 Å². The molecule has 0 saturated heterocycles. The molecule has 0 bridgehead atoms. The van der Waals surface area contributed by atoms with E-state index in [-0.39, 0.29) is 29.0 Å². The van der Waals surface area contributed by atoms with Crippen LogP contribution in [0.15, 0.2) is 164 Å². The molecule has 0 aliphatic carbocycles. The van der Waals surface area contributed by atoms with Crippen molar-refractivity contribution in [1.29, 1.82) is 0 Å². The SMILES string of the molecule is COc1ccc2cc(C(C)C(=O)N(c3ccc(C(C)(C)Cc4ccc(C(C(=O)NC(C)(C)C)N(C(=O)C(C)c5ccc6cc(OC)ccc6c5)c5ccc(C(C)(C)C)cc5)cn4)cc3)C(C(=O)NC(C)(C)C)c3cccnc3)ccc2c1. The molecular weight excluding hydrogens is 1020 g/mol. The number of aromatic nitrogens is 2. The Morgan fingerprint density at radius 2 is 0.902 bits per heavy atom. The molecular formula is C70H80N6O6. The van der Waals surface area contributed by atoms with E-state index in [1.165, 1.54) is 0 Å². The van der Waals surface area contributed by atoms with Crippen molar-refractivity contribution < 1.29 is 28.7 Å². The number of benzene rings is 6. The second-order valence-corrected chi connectivity index (χ2v) is 25.4. The Kier molecular flexibility index (Phi) is 17.5. The smallest absolute Gasteiger partial charge is 0.248 e. The normalized spacial score (nSPS) is 13.6. The van der Waals surface area contributed by atoms with E-state index in [9.17, 15) is 9.59 Å². The number of hydrogen-bond donors (Lipinski definition) is 2. The fraction of sp³-hybridized carbons (Fsp3) is 0.343. The van der Waals surface area contributed by atoms with Gasteiger partial charge in [-0.05, 0) is 177 Å². The lowest BCUT2D eigenvalue weighted by molar-refractivity contribution is -0.128. The predicted molar refractivity (Wildman–Crippen MR) is 331 cm³/mol. The minimum absolute atomic E-state index is 0.145. The van der Waals surface area contributed by atoms with Crippen LogP contribution >= 0.6 is 0 Å². The summed E-state index contributed by atoms with van der Waals surface area (Å²) in [5.74, 6) is -0.969. The van der Waals surface area contributed by atoms with E-state index in [1.54, 1.807) is 48.7 Å². The van der Waals surface area contributed by atoms with E-state index >= 15 is 9.59 Å². The average Bonchev–Trinajstić information content (AvgIpc) is 3.43. The quantitative estimate of drug-likeness (QED) is 0.0918. The van der Waals surface area contributed by atoms with Crippen molar-refractivity contribution in [3.8, 4) is 11.5 Å². The highest BCUT2D eigenvalue weighted by molar-refractivity contribution is 6.06.